The molecular weight excluding hydrogens is 362 g/mol. The van der Waals surface area contributed by atoms with Gasteiger partial charge in [0.15, 0.2) is 5.76 Å². The molecule has 150 valence electrons. The Kier molecular flexibility index (Phi) is 5.76. The van der Waals surface area contributed by atoms with Crippen LogP contribution in [0.4, 0.5) is 0 Å². The van der Waals surface area contributed by atoms with E-state index >= 15 is 0 Å². The molecule has 0 bridgehead atoms. The molecule has 1 atom stereocenters. The number of hydrogen-bond acceptors (Lipinski definition) is 4. The third-order valence-electron chi connectivity index (χ3n) is 5.62. The third kappa shape index (κ3) is 4.57. The van der Waals surface area contributed by atoms with E-state index in [1.54, 1.807) is 18.5 Å². The summed E-state index contributed by atoms with van der Waals surface area (Å²) in [7, 11) is 0. The van der Waals surface area contributed by atoms with Crippen LogP contribution in [-0.4, -0.2) is 28.9 Å². The fourth-order valence-electron chi connectivity index (χ4n) is 3.80. The van der Waals surface area contributed by atoms with Crippen molar-refractivity contribution in [3.05, 3.63) is 88.6 Å². The van der Waals surface area contributed by atoms with E-state index in [1.165, 1.54) is 24.0 Å². The van der Waals surface area contributed by atoms with Gasteiger partial charge >= 0.3 is 0 Å². The summed E-state index contributed by atoms with van der Waals surface area (Å²) in [5.74, 6) is 0.961. The summed E-state index contributed by atoms with van der Waals surface area (Å²) in [6.45, 7) is 7.12. The number of hydrogen-bond donors (Lipinski definition) is 1. The average Bonchev–Trinajstić information content (AvgIpc) is 3.41. The molecular formula is C24H27N3O2. The van der Waals surface area contributed by atoms with Crippen molar-refractivity contribution in [1.29, 1.82) is 0 Å². The van der Waals surface area contributed by atoms with Crippen molar-refractivity contribution in [2.75, 3.05) is 13.1 Å². The van der Waals surface area contributed by atoms with Crippen LogP contribution < -0.4 is 5.32 Å². The number of pyridine rings is 1. The Labute approximate surface area is 171 Å². The first-order chi connectivity index (χ1) is 14.1. The topological polar surface area (TPSA) is 58.4 Å². The van der Waals surface area contributed by atoms with Gasteiger partial charge < -0.3 is 9.73 Å². The second-order valence-electron chi connectivity index (χ2n) is 7.79. The molecule has 5 heteroatoms. The van der Waals surface area contributed by atoms with Crippen LogP contribution in [0.2, 0.25) is 0 Å². The van der Waals surface area contributed by atoms with Crippen LogP contribution in [0.1, 0.15) is 57.5 Å². The second kappa shape index (κ2) is 8.62. The molecule has 0 radical (unpaired) electrons. The van der Waals surface area contributed by atoms with E-state index in [9.17, 15) is 4.79 Å². The smallest absolute Gasteiger partial charge is 0.287 e. The highest BCUT2D eigenvalue weighted by Crippen LogP contribution is 2.24. The lowest BCUT2D eigenvalue weighted by molar-refractivity contribution is 0.0911. The predicted molar refractivity (Wildman–Crippen MR) is 113 cm³/mol. The van der Waals surface area contributed by atoms with Crippen LogP contribution in [-0.2, 0) is 6.54 Å². The molecule has 1 aliphatic heterocycles. The Morgan fingerprint density at radius 1 is 1.10 bits per heavy atom. The molecule has 29 heavy (non-hydrogen) atoms. The first-order valence-corrected chi connectivity index (χ1v) is 10.2. The number of furan rings is 1. The second-order valence-corrected chi connectivity index (χ2v) is 7.79. The summed E-state index contributed by atoms with van der Waals surface area (Å²) >= 11 is 0. The number of rotatable bonds is 6. The van der Waals surface area contributed by atoms with Gasteiger partial charge in [0.1, 0.15) is 5.76 Å². The van der Waals surface area contributed by atoms with Gasteiger partial charge in [-0.25, -0.2) is 0 Å². The Bertz CT molecular complexity index is 975. The van der Waals surface area contributed by atoms with Crippen molar-refractivity contribution < 1.29 is 9.21 Å². The molecule has 1 fully saturated rings. The number of aromatic nitrogens is 1. The molecule has 5 nitrogen and oxygen atoms in total. The van der Waals surface area contributed by atoms with Gasteiger partial charge in [0, 0.05) is 12.4 Å². The van der Waals surface area contributed by atoms with E-state index in [0.717, 1.165) is 36.5 Å². The lowest BCUT2D eigenvalue weighted by Crippen LogP contribution is -2.29. The summed E-state index contributed by atoms with van der Waals surface area (Å²) in [4.78, 5) is 19.6. The van der Waals surface area contributed by atoms with Crippen molar-refractivity contribution in [2.24, 2.45) is 0 Å². The van der Waals surface area contributed by atoms with Gasteiger partial charge in [-0.1, -0.05) is 24.3 Å². The van der Waals surface area contributed by atoms with Crippen LogP contribution in [0.3, 0.4) is 0 Å². The van der Waals surface area contributed by atoms with Gasteiger partial charge in [-0.2, -0.15) is 0 Å². The zero-order chi connectivity index (χ0) is 20.2. The molecule has 1 N–H and O–H groups in total. The highest BCUT2D eigenvalue weighted by molar-refractivity contribution is 5.92. The number of carbonyl (C=O) groups excluding carboxylic acids is 1. The number of aryl methyl sites for hydroxylation is 2. The molecule has 1 aliphatic rings. The van der Waals surface area contributed by atoms with Gasteiger partial charge in [-0.05, 0) is 80.2 Å². The first-order valence-electron chi connectivity index (χ1n) is 10.2. The van der Waals surface area contributed by atoms with Crippen LogP contribution in [0.5, 0.6) is 0 Å². The maximum absolute atomic E-state index is 13.0. The van der Waals surface area contributed by atoms with Gasteiger partial charge in [0.05, 0.1) is 12.6 Å². The molecule has 1 saturated heterocycles. The minimum absolute atomic E-state index is 0.218. The molecule has 1 unspecified atom stereocenters. The molecule has 4 rings (SSSR count). The minimum Gasteiger partial charge on any atom is -0.455 e. The van der Waals surface area contributed by atoms with Gasteiger partial charge in [-0.15, -0.1) is 0 Å². The molecule has 1 aromatic carbocycles. The van der Waals surface area contributed by atoms with E-state index in [2.05, 4.69) is 47.2 Å². The van der Waals surface area contributed by atoms with Crippen molar-refractivity contribution in [2.45, 2.75) is 39.3 Å². The zero-order valence-corrected chi connectivity index (χ0v) is 17.0. The SMILES string of the molecule is Cc1ccc(C(NC(=O)c2ccc(CN3CCCC3)o2)c2cccnc2)cc1C. The Morgan fingerprint density at radius 3 is 2.66 bits per heavy atom. The van der Waals surface area contributed by atoms with Crippen LogP contribution >= 0.6 is 0 Å². The van der Waals surface area contributed by atoms with Gasteiger partial charge in [0.2, 0.25) is 0 Å². The summed E-state index contributed by atoms with van der Waals surface area (Å²) in [5.41, 5.74) is 4.38. The van der Waals surface area contributed by atoms with Crippen molar-refractivity contribution >= 4 is 5.91 Å². The Balaban J connectivity index is 1.55. The highest BCUT2D eigenvalue weighted by Gasteiger charge is 2.21. The number of nitrogens with zero attached hydrogens (tertiary/aromatic N) is 2. The molecule has 3 aromatic rings. The number of amides is 1. The highest BCUT2D eigenvalue weighted by atomic mass is 16.4. The lowest BCUT2D eigenvalue weighted by atomic mass is 9.96. The third-order valence-corrected chi connectivity index (χ3v) is 5.62. The molecule has 0 saturated carbocycles. The maximum atomic E-state index is 13.0. The monoisotopic (exact) mass is 389 g/mol. The van der Waals surface area contributed by atoms with Crippen molar-refractivity contribution in [3.8, 4) is 0 Å². The van der Waals surface area contributed by atoms with Crippen LogP contribution in [0.25, 0.3) is 0 Å². The fourth-order valence-corrected chi connectivity index (χ4v) is 3.80. The fraction of sp³-hybridized carbons (Fsp3) is 0.333. The number of nitrogens with one attached hydrogen (secondary N) is 1. The lowest BCUT2D eigenvalue weighted by Gasteiger charge is -2.20. The van der Waals surface area contributed by atoms with E-state index in [1.807, 2.05) is 18.2 Å². The summed E-state index contributed by atoms with van der Waals surface area (Å²) in [6, 6.07) is 13.5. The van der Waals surface area contributed by atoms with Crippen LogP contribution in [0.15, 0.2) is 59.3 Å². The Morgan fingerprint density at radius 2 is 1.93 bits per heavy atom. The van der Waals surface area contributed by atoms with E-state index in [4.69, 9.17) is 4.42 Å². The normalized spacial score (nSPS) is 15.4. The number of carbonyl (C=O) groups is 1. The average molecular weight is 389 g/mol. The molecule has 0 spiro atoms. The first kappa shape index (κ1) is 19.4. The molecule has 3 heterocycles. The maximum Gasteiger partial charge on any atom is 0.287 e. The molecule has 1 amide bonds. The molecule has 2 aromatic heterocycles. The quantitative estimate of drug-likeness (QED) is 0.679. The minimum atomic E-state index is -0.289. The summed E-state index contributed by atoms with van der Waals surface area (Å²) < 4.78 is 5.85. The van der Waals surface area contributed by atoms with E-state index < -0.39 is 0 Å². The standard InChI is InChI=1S/C24H27N3O2/c1-17-7-8-19(14-18(17)2)23(20-6-5-11-25-15-20)26-24(28)22-10-9-21(29-22)16-27-12-3-4-13-27/h5-11,14-15,23H,3-4,12-13,16H2,1-2H3,(H,26,28). The van der Waals surface area contributed by atoms with Crippen molar-refractivity contribution in [3.63, 3.8) is 0 Å². The van der Waals surface area contributed by atoms with Crippen LogP contribution in [0, 0.1) is 13.8 Å². The summed E-state index contributed by atoms with van der Waals surface area (Å²) in [6.07, 6.45) is 5.99. The van der Waals surface area contributed by atoms with Gasteiger partial charge in [-0.3, -0.25) is 14.7 Å². The predicted octanol–water partition coefficient (Wildman–Crippen LogP) is 4.41. The largest absolute Gasteiger partial charge is 0.455 e. The number of benzene rings is 1. The Hall–Kier alpha value is -2.92. The van der Waals surface area contributed by atoms with E-state index in [-0.39, 0.29) is 11.9 Å². The van der Waals surface area contributed by atoms with Crippen molar-refractivity contribution in [1.82, 2.24) is 15.2 Å². The number of likely N-dealkylation sites (tertiary alicyclic amines) is 1. The zero-order valence-electron chi connectivity index (χ0n) is 17.0. The van der Waals surface area contributed by atoms with E-state index in [0.29, 0.717) is 5.76 Å². The molecule has 0 aliphatic carbocycles. The van der Waals surface area contributed by atoms with Gasteiger partial charge in [0.25, 0.3) is 5.91 Å². The summed E-state index contributed by atoms with van der Waals surface area (Å²) in [5, 5.41) is 3.13.